The summed E-state index contributed by atoms with van der Waals surface area (Å²) < 4.78 is 10.7. The number of aliphatic hydroxyl groups is 1. The number of ether oxygens (including phenoxy) is 2. The molecule has 0 amide bonds. The average molecular weight is 278 g/mol. The number of carbonyl (C=O) groups is 1. The van der Waals surface area contributed by atoms with Gasteiger partial charge in [0.15, 0.2) is 0 Å². The predicted octanol–water partition coefficient (Wildman–Crippen LogP) is 2.60. The summed E-state index contributed by atoms with van der Waals surface area (Å²) in [6, 6.07) is 5.69. The van der Waals surface area contributed by atoms with Crippen molar-refractivity contribution in [2.24, 2.45) is 0 Å². The summed E-state index contributed by atoms with van der Waals surface area (Å²) in [4.78, 5) is 11.8. The summed E-state index contributed by atoms with van der Waals surface area (Å²) >= 11 is 0. The van der Waals surface area contributed by atoms with E-state index in [1.54, 1.807) is 0 Å². The lowest BCUT2D eigenvalue weighted by Gasteiger charge is -2.26. The number of rotatable bonds is 4. The highest BCUT2D eigenvalue weighted by atomic mass is 16.5. The van der Waals surface area contributed by atoms with E-state index < -0.39 is 0 Å². The average Bonchev–Trinajstić information content (AvgIpc) is 2.44. The van der Waals surface area contributed by atoms with Crippen LogP contribution < -0.4 is 0 Å². The zero-order chi connectivity index (χ0) is 14.5. The van der Waals surface area contributed by atoms with Crippen LogP contribution in [0.1, 0.15) is 47.2 Å². The summed E-state index contributed by atoms with van der Waals surface area (Å²) in [6.07, 6.45) is 3.31. The minimum absolute atomic E-state index is 0.0739. The summed E-state index contributed by atoms with van der Waals surface area (Å²) in [5.41, 5.74) is 2.32. The van der Waals surface area contributed by atoms with Gasteiger partial charge in [0.25, 0.3) is 0 Å². The molecular weight excluding hydrogens is 256 g/mol. The third-order valence-corrected chi connectivity index (χ3v) is 3.82. The van der Waals surface area contributed by atoms with Gasteiger partial charge in [-0.05, 0) is 43.7 Å². The number of esters is 1. The highest BCUT2D eigenvalue weighted by Crippen LogP contribution is 2.23. The third kappa shape index (κ3) is 3.58. The molecule has 1 aromatic rings. The van der Waals surface area contributed by atoms with Gasteiger partial charge in [0.05, 0.1) is 31.5 Å². The zero-order valence-corrected chi connectivity index (χ0v) is 12.1. The Bertz CT molecular complexity index is 470. The standard InChI is InChI=1S/C16H22O4/c1-11-5-3-6-12(15(11)16(18)19-2)10-20-14-8-4-7-13(17)9-14/h3,5-6,13-14,17H,4,7-10H2,1-2H3/t13-,14+/m1/s1. The Labute approximate surface area is 119 Å². The van der Waals surface area contributed by atoms with Crippen LogP contribution in [-0.4, -0.2) is 30.4 Å². The maximum Gasteiger partial charge on any atom is 0.338 e. The first kappa shape index (κ1) is 15.0. The van der Waals surface area contributed by atoms with Gasteiger partial charge >= 0.3 is 5.97 Å². The number of aryl methyl sites for hydroxylation is 1. The highest BCUT2D eigenvalue weighted by molar-refractivity contribution is 5.92. The molecule has 4 heteroatoms. The molecule has 2 rings (SSSR count). The molecule has 0 saturated heterocycles. The molecule has 0 aromatic heterocycles. The van der Waals surface area contributed by atoms with Crippen molar-refractivity contribution in [1.82, 2.24) is 0 Å². The van der Waals surface area contributed by atoms with E-state index in [1.165, 1.54) is 7.11 Å². The number of carbonyl (C=O) groups excluding carboxylic acids is 1. The van der Waals surface area contributed by atoms with Gasteiger partial charge in [-0.3, -0.25) is 0 Å². The molecule has 1 aromatic carbocycles. The fourth-order valence-electron chi connectivity index (χ4n) is 2.72. The van der Waals surface area contributed by atoms with Crippen molar-refractivity contribution in [3.8, 4) is 0 Å². The normalized spacial score (nSPS) is 22.6. The largest absolute Gasteiger partial charge is 0.465 e. The van der Waals surface area contributed by atoms with E-state index in [2.05, 4.69) is 0 Å². The Morgan fingerprint density at radius 2 is 2.20 bits per heavy atom. The van der Waals surface area contributed by atoms with Gasteiger partial charge in [0.1, 0.15) is 0 Å². The smallest absolute Gasteiger partial charge is 0.338 e. The highest BCUT2D eigenvalue weighted by Gasteiger charge is 2.22. The molecule has 20 heavy (non-hydrogen) atoms. The van der Waals surface area contributed by atoms with E-state index in [0.29, 0.717) is 18.6 Å². The second kappa shape index (κ2) is 6.86. The predicted molar refractivity (Wildman–Crippen MR) is 75.6 cm³/mol. The van der Waals surface area contributed by atoms with Crippen molar-refractivity contribution in [1.29, 1.82) is 0 Å². The molecular formula is C16H22O4. The molecule has 0 bridgehead atoms. The van der Waals surface area contributed by atoms with E-state index in [4.69, 9.17) is 9.47 Å². The van der Waals surface area contributed by atoms with Gasteiger partial charge in [0.2, 0.25) is 0 Å². The van der Waals surface area contributed by atoms with E-state index in [1.807, 2.05) is 25.1 Å². The number of benzene rings is 1. The quantitative estimate of drug-likeness (QED) is 0.860. The van der Waals surface area contributed by atoms with Gasteiger partial charge in [-0.2, -0.15) is 0 Å². The molecule has 2 atom stereocenters. The minimum atomic E-state index is -0.328. The monoisotopic (exact) mass is 278 g/mol. The summed E-state index contributed by atoms with van der Waals surface area (Å²) in [7, 11) is 1.39. The van der Waals surface area contributed by atoms with Crippen LogP contribution in [0, 0.1) is 6.92 Å². The lowest BCUT2D eigenvalue weighted by molar-refractivity contribution is -0.0232. The molecule has 0 aliphatic heterocycles. The van der Waals surface area contributed by atoms with Crippen LogP contribution >= 0.6 is 0 Å². The molecule has 0 unspecified atom stereocenters. The van der Waals surface area contributed by atoms with Crippen molar-refractivity contribution in [2.75, 3.05) is 7.11 Å². The number of hydrogen-bond donors (Lipinski definition) is 1. The molecule has 0 heterocycles. The third-order valence-electron chi connectivity index (χ3n) is 3.82. The van der Waals surface area contributed by atoms with E-state index in [-0.39, 0.29) is 18.2 Å². The summed E-state index contributed by atoms with van der Waals surface area (Å²) in [5, 5.41) is 9.65. The van der Waals surface area contributed by atoms with E-state index >= 15 is 0 Å². The first-order chi connectivity index (χ1) is 9.61. The lowest BCUT2D eigenvalue weighted by atomic mass is 9.95. The molecule has 1 aliphatic carbocycles. The zero-order valence-electron chi connectivity index (χ0n) is 12.1. The van der Waals surface area contributed by atoms with Crippen molar-refractivity contribution in [2.45, 2.75) is 51.4 Å². The maximum atomic E-state index is 11.8. The second-order valence-electron chi connectivity index (χ2n) is 5.35. The Kier molecular flexibility index (Phi) is 5.15. The number of methoxy groups -OCH3 is 1. The second-order valence-corrected chi connectivity index (χ2v) is 5.35. The minimum Gasteiger partial charge on any atom is -0.465 e. The molecule has 0 radical (unpaired) electrons. The molecule has 110 valence electrons. The fraction of sp³-hybridized carbons (Fsp3) is 0.562. The lowest BCUT2D eigenvalue weighted by Crippen LogP contribution is -2.26. The first-order valence-electron chi connectivity index (χ1n) is 7.08. The van der Waals surface area contributed by atoms with Gasteiger partial charge in [-0.15, -0.1) is 0 Å². The van der Waals surface area contributed by atoms with Crippen LogP contribution in [0.25, 0.3) is 0 Å². The van der Waals surface area contributed by atoms with Gasteiger partial charge in [-0.25, -0.2) is 4.79 Å². The van der Waals surface area contributed by atoms with Crippen molar-refractivity contribution < 1.29 is 19.4 Å². The summed E-state index contributed by atoms with van der Waals surface area (Å²) in [6.45, 7) is 2.27. The van der Waals surface area contributed by atoms with Crippen molar-refractivity contribution in [3.63, 3.8) is 0 Å². The topological polar surface area (TPSA) is 55.8 Å². The molecule has 1 fully saturated rings. The van der Waals surface area contributed by atoms with Crippen molar-refractivity contribution in [3.05, 3.63) is 34.9 Å². The van der Waals surface area contributed by atoms with Crippen LogP contribution in [-0.2, 0) is 16.1 Å². The fourth-order valence-corrected chi connectivity index (χ4v) is 2.72. The van der Waals surface area contributed by atoms with E-state index in [0.717, 1.165) is 30.4 Å². The van der Waals surface area contributed by atoms with Gasteiger partial charge in [0, 0.05) is 0 Å². The molecule has 1 N–H and O–H groups in total. The van der Waals surface area contributed by atoms with Crippen LogP contribution in [0.15, 0.2) is 18.2 Å². The van der Waals surface area contributed by atoms with Gasteiger partial charge in [-0.1, -0.05) is 18.2 Å². The molecule has 1 saturated carbocycles. The maximum absolute atomic E-state index is 11.8. The SMILES string of the molecule is COC(=O)c1c(C)cccc1CO[C@H]1CCC[C@@H](O)C1. The van der Waals surface area contributed by atoms with Crippen molar-refractivity contribution >= 4 is 5.97 Å². The first-order valence-corrected chi connectivity index (χ1v) is 7.08. The Morgan fingerprint density at radius 3 is 2.90 bits per heavy atom. The molecule has 4 nitrogen and oxygen atoms in total. The van der Waals surface area contributed by atoms with Crippen LogP contribution in [0.2, 0.25) is 0 Å². The van der Waals surface area contributed by atoms with Crippen LogP contribution in [0.5, 0.6) is 0 Å². The Hall–Kier alpha value is -1.39. The van der Waals surface area contributed by atoms with Gasteiger partial charge < -0.3 is 14.6 Å². The number of aliphatic hydroxyl groups excluding tert-OH is 1. The molecule has 0 spiro atoms. The van der Waals surface area contributed by atoms with Crippen LogP contribution in [0.4, 0.5) is 0 Å². The van der Waals surface area contributed by atoms with Crippen LogP contribution in [0.3, 0.4) is 0 Å². The Balaban J connectivity index is 2.05. The summed E-state index contributed by atoms with van der Waals surface area (Å²) in [5.74, 6) is -0.328. The Morgan fingerprint density at radius 1 is 1.40 bits per heavy atom. The van der Waals surface area contributed by atoms with E-state index in [9.17, 15) is 9.90 Å². The molecule has 1 aliphatic rings. The number of hydrogen-bond acceptors (Lipinski definition) is 4.